The van der Waals surface area contributed by atoms with Gasteiger partial charge in [-0.25, -0.2) is 0 Å². The molecular formula is C11H13N5O3. The Morgan fingerprint density at radius 2 is 2.32 bits per heavy atom. The lowest BCUT2D eigenvalue weighted by Crippen LogP contribution is -2.00. The molecule has 8 nitrogen and oxygen atoms in total. The number of ether oxygens (including phenoxy) is 1. The average Bonchev–Trinajstić information content (AvgIpc) is 2.86. The molecule has 1 N–H and O–H groups in total. The molecule has 19 heavy (non-hydrogen) atoms. The van der Waals surface area contributed by atoms with E-state index in [1.54, 1.807) is 17.1 Å². The maximum atomic E-state index is 10.9. The van der Waals surface area contributed by atoms with E-state index in [-0.39, 0.29) is 11.5 Å². The van der Waals surface area contributed by atoms with Crippen LogP contribution in [-0.4, -0.2) is 26.8 Å². The van der Waals surface area contributed by atoms with Gasteiger partial charge in [0.05, 0.1) is 23.9 Å². The summed E-state index contributed by atoms with van der Waals surface area (Å²) in [5, 5.41) is 17.9. The van der Waals surface area contributed by atoms with Crippen molar-refractivity contribution >= 4 is 17.2 Å². The number of aromatic nitrogens is 3. The predicted octanol–water partition coefficient (Wildman–Crippen LogP) is 1.96. The zero-order valence-corrected chi connectivity index (χ0v) is 10.5. The van der Waals surface area contributed by atoms with Crippen LogP contribution in [0.25, 0.3) is 0 Å². The van der Waals surface area contributed by atoms with Gasteiger partial charge in [-0.3, -0.25) is 14.8 Å². The molecule has 0 fully saturated rings. The molecule has 2 aromatic rings. The fraction of sp³-hybridized carbons (Fsp3) is 0.273. The lowest BCUT2D eigenvalue weighted by atomic mass is 10.3. The smallest absolute Gasteiger partial charge is 0.311 e. The van der Waals surface area contributed by atoms with Crippen LogP contribution in [0, 0.1) is 10.1 Å². The van der Waals surface area contributed by atoms with Crippen molar-refractivity contribution < 1.29 is 9.66 Å². The maximum Gasteiger partial charge on any atom is 0.311 e. The highest BCUT2D eigenvalue weighted by molar-refractivity contribution is 5.65. The lowest BCUT2D eigenvalue weighted by Gasteiger charge is -2.05. The van der Waals surface area contributed by atoms with Crippen LogP contribution in [-0.2, 0) is 6.54 Å². The van der Waals surface area contributed by atoms with E-state index in [0.29, 0.717) is 11.6 Å². The fourth-order valence-corrected chi connectivity index (χ4v) is 1.52. The number of aryl methyl sites for hydroxylation is 1. The van der Waals surface area contributed by atoms with E-state index < -0.39 is 4.92 Å². The number of pyridine rings is 1. The topological polar surface area (TPSA) is 95.1 Å². The standard InChI is InChI=1S/C11H13N5O3/c1-3-15-7-8(6-12-15)13-11-9(16(17)18)4-5-10(14-11)19-2/h4-7H,3H2,1-2H3,(H,13,14). The lowest BCUT2D eigenvalue weighted by molar-refractivity contribution is -0.384. The second-order valence-electron chi connectivity index (χ2n) is 3.69. The molecule has 0 unspecified atom stereocenters. The van der Waals surface area contributed by atoms with E-state index >= 15 is 0 Å². The number of nitrogens with one attached hydrogen (secondary N) is 1. The summed E-state index contributed by atoms with van der Waals surface area (Å²) in [5.41, 5.74) is 0.510. The van der Waals surface area contributed by atoms with Crippen molar-refractivity contribution in [2.24, 2.45) is 0 Å². The quantitative estimate of drug-likeness (QED) is 0.654. The highest BCUT2D eigenvalue weighted by Gasteiger charge is 2.17. The van der Waals surface area contributed by atoms with Gasteiger partial charge in [0.2, 0.25) is 11.7 Å². The summed E-state index contributed by atoms with van der Waals surface area (Å²) >= 11 is 0. The molecule has 0 aliphatic carbocycles. The molecular weight excluding hydrogens is 250 g/mol. The third-order valence-electron chi connectivity index (χ3n) is 2.47. The van der Waals surface area contributed by atoms with Gasteiger partial charge in [0.15, 0.2) is 0 Å². The van der Waals surface area contributed by atoms with E-state index in [0.717, 1.165) is 6.54 Å². The largest absolute Gasteiger partial charge is 0.481 e. The van der Waals surface area contributed by atoms with Crippen molar-refractivity contribution in [1.82, 2.24) is 14.8 Å². The normalized spacial score (nSPS) is 10.2. The van der Waals surface area contributed by atoms with E-state index in [4.69, 9.17) is 4.74 Å². The third kappa shape index (κ3) is 2.79. The first-order valence-corrected chi connectivity index (χ1v) is 5.63. The minimum atomic E-state index is -0.501. The summed E-state index contributed by atoms with van der Waals surface area (Å²) in [4.78, 5) is 14.5. The molecule has 0 aliphatic heterocycles. The monoisotopic (exact) mass is 263 g/mol. The van der Waals surface area contributed by atoms with Crippen LogP contribution < -0.4 is 10.1 Å². The summed E-state index contributed by atoms with van der Waals surface area (Å²) in [6.07, 6.45) is 3.32. The Labute approximate surface area is 109 Å². The summed E-state index contributed by atoms with van der Waals surface area (Å²) in [7, 11) is 1.45. The zero-order valence-electron chi connectivity index (χ0n) is 10.5. The van der Waals surface area contributed by atoms with Crippen molar-refractivity contribution in [3.8, 4) is 5.88 Å². The molecule has 2 rings (SSSR count). The second kappa shape index (κ2) is 5.34. The molecule has 0 saturated heterocycles. The number of nitro groups is 1. The molecule has 0 amide bonds. The SMILES string of the molecule is CCn1cc(Nc2nc(OC)ccc2[N+](=O)[O-])cn1. The van der Waals surface area contributed by atoms with Crippen molar-refractivity contribution in [2.75, 3.05) is 12.4 Å². The molecule has 2 heterocycles. The van der Waals surface area contributed by atoms with Gasteiger partial charge in [-0.05, 0) is 6.92 Å². The Morgan fingerprint density at radius 1 is 1.53 bits per heavy atom. The van der Waals surface area contributed by atoms with Gasteiger partial charge >= 0.3 is 5.69 Å². The van der Waals surface area contributed by atoms with Crippen molar-refractivity contribution in [2.45, 2.75) is 13.5 Å². The second-order valence-corrected chi connectivity index (χ2v) is 3.69. The highest BCUT2D eigenvalue weighted by Crippen LogP contribution is 2.27. The van der Waals surface area contributed by atoms with Crippen LogP contribution in [0.2, 0.25) is 0 Å². The molecule has 100 valence electrons. The zero-order chi connectivity index (χ0) is 13.8. The van der Waals surface area contributed by atoms with Crippen molar-refractivity contribution in [3.05, 3.63) is 34.6 Å². The van der Waals surface area contributed by atoms with Crippen molar-refractivity contribution in [1.29, 1.82) is 0 Å². The number of hydrogen-bond donors (Lipinski definition) is 1. The van der Waals surface area contributed by atoms with Crippen LogP contribution in [0.4, 0.5) is 17.2 Å². The molecule has 0 aliphatic rings. The molecule has 8 heteroatoms. The van der Waals surface area contributed by atoms with Gasteiger partial charge in [-0.2, -0.15) is 10.1 Å². The van der Waals surface area contributed by atoms with E-state index in [1.165, 1.54) is 19.2 Å². The number of anilines is 2. The summed E-state index contributed by atoms with van der Waals surface area (Å²) in [6, 6.07) is 2.79. The molecule has 0 spiro atoms. The first-order chi connectivity index (χ1) is 9.13. The van der Waals surface area contributed by atoms with Gasteiger partial charge in [0, 0.05) is 24.9 Å². The van der Waals surface area contributed by atoms with E-state index in [9.17, 15) is 10.1 Å². The Balaban J connectivity index is 2.33. The molecule has 0 bridgehead atoms. The Hall–Kier alpha value is -2.64. The van der Waals surface area contributed by atoms with Crippen LogP contribution in [0.1, 0.15) is 6.92 Å². The average molecular weight is 263 g/mol. The Kier molecular flexibility index (Phi) is 3.60. The number of nitrogens with zero attached hydrogens (tertiary/aromatic N) is 4. The fourth-order valence-electron chi connectivity index (χ4n) is 1.52. The van der Waals surface area contributed by atoms with Gasteiger partial charge in [-0.1, -0.05) is 0 Å². The van der Waals surface area contributed by atoms with Crippen LogP contribution in [0.3, 0.4) is 0 Å². The molecule has 0 aromatic carbocycles. The Bertz CT molecular complexity index is 596. The van der Waals surface area contributed by atoms with Crippen LogP contribution in [0.15, 0.2) is 24.5 Å². The van der Waals surface area contributed by atoms with Gasteiger partial charge < -0.3 is 10.1 Å². The molecule has 0 radical (unpaired) electrons. The summed E-state index contributed by atoms with van der Waals surface area (Å²) in [5.74, 6) is 0.427. The minimum Gasteiger partial charge on any atom is -0.481 e. The van der Waals surface area contributed by atoms with Crippen LogP contribution in [0.5, 0.6) is 5.88 Å². The third-order valence-corrected chi connectivity index (χ3v) is 2.47. The summed E-state index contributed by atoms with van der Waals surface area (Å²) < 4.78 is 6.66. The first kappa shape index (κ1) is 12.8. The van der Waals surface area contributed by atoms with Crippen LogP contribution >= 0.6 is 0 Å². The van der Waals surface area contributed by atoms with Crippen molar-refractivity contribution in [3.63, 3.8) is 0 Å². The minimum absolute atomic E-state index is 0.120. The van der Waals surface area contributed by atoms with E-state index in [2.05, 4.69) is 15.4 Å². The molecule has 2 aromatic heterocycles. The maximum absolute atomic E-state index is 10.9. The molecule has 0 saturated carbocycles. The summed E-state index contributed by atoms with van der Waals surface area (Å²) in [6.45, 7) is 2.67. The van der Waals surface area contributed by atoms with Gasteiger partial charge in [0.25, 0.3) is 0 Å². The number of methoxy groups -OCH3 is 1. The van der Waals surface area contributed by atoms with Gasteiger partial charge in [-0.15, -0.1) is 0 Å². The predicted molar refractivity (Wildman–Crippen MR) is 68.6 cm³/mol. The number of hydrogen-bond acceptors (Lipinski definition) is 6. The van der Waals surface area contributed by atoms with Gasteiger partial charge in [0.1, 0.15) is 0 Å². The highest BCUT2D eigenvalue weighted by atomic mass is 16.6. The number of rotatable bonds is 5. The first-order valence-electron chi connectivity index (χ1n) is 5.63. The Morgan fingerprint density at radius 3 is 2.89 bits per heavy atom. The van der Waals surface area contributed by atoms with E-state index in [1.807, 2.05) is 6.92 Å². The molecule has 0 atom stereocenters.